The highest BCUT2D eigenvalue weighted by Gasteiger charge is 2.31. The minimum Gasteiger partial charge on any atom is -0.321 e. The number of likely N-dealkylation sites (tertiary alicyclic amines) is 1. The van der Waals surface area contributed by atoms with Gasteiger partial charge in [0, 0.05) is 11.4 Å². The van der Waals surface area contributed by atoms with Gasteiger partial charge < -0.3 is 9.80 Å². The van der Waals surface area contributed by atoms with E-state index in [9.17, 15) is 4.79 Å². The minimum absolute atomic E-state index is 0.103. The van der Waals surface area contributed by atoms with Gasteiger partial charge in [-0.05, 0) is 50.3 Å². The van der Waals surface area contributed by atoms with Gasteiger partial charge in [-0.25, -0.2) is 0 Å². The predicted octanol–water partition coefficient (Wildman–Crippen LogP) is 1.66. The summed E-state index contributed by atoms with van der Waals surface area (Å²) < 4.78 is 0. The number of nitrogens with zero attached hydrogens (tertiary/aromatic N) is 2. The molecule has 5 heteroatoms. The second-order valence-electron chi connectivity index (χ2n) is 5.29. The van der Waals surface area contributed by atoms with Crippen LogP contribution in [0.5, 0.6) is 0 Å². The molecule has 3 heterocycles. The molecule has 1 atom stereocenters. The molecule has 3 rings (SSSR count). The van der Waals surface area contributed by atoms with E-state index in [1.54, 1.807) is 11.3 Å². The lowest BCUT2D eigenvalue weighted by atomic mass is 10.3. The summed E-state index contributed by atoms with van der Waals surface area (Å²) in [6.07, 6.45) is 3.85. The Morgan fingerprint density at radius 2 is 2.16 bits per heavy atom. The largest absolute Gasteiger partial charge is 0.321 e. The minimum atomic E-state index is 0.103. The summed E-state index contributed by atoms with van der Waals surface area (Å²) in [4.78, 5) is 17.7. The summed E-state index contributed by atoms with van der Waals surface area (Å²) in [5.41, 5.74) is 0. The van der Waals surface area contributed by atoms with Crippen LogP contribution in [0.2, 0.25) is 0 Å². The van der Waals surface area contributed by atoms with Crippen molar-refractivity contribution in [2.24, 2.45) is 0 Å². The number of nitrogens with one attached hydrogen (secondary N) is 1. The highest BCUT2D eigenvalue weighted by atomic mass is 32.1. The second-order valence-corrected chi connectivity index (χ2v) is 6.27. The topological polar surface area (TPSA) is 35.6 Å². The monoisotopic (exact) mass is 279 g/mol. The zero-order chi connectivity index (χ0) is 13.1. The van der Waals surface area contributed by atoms with Gasteiger partial charge in [0.25, 0.3) is 0 Å². The van der Waals surface area contributed by atoms with Crippen molar-refractivity contribution < 1.29 is 4.79 Å². The molecule has 2 aliphatic rings. The molecular weight excluding hydrogens is 258 g/mol. The Hall–Kier alpha value is -0.910. The van der Waals surface area contributed by atoms with Crippen LogP contribution < -0.4 is 5.32 Å². The number of hydrogen-bond acceptors (Lipinski definition) is 4. The molecule has 4 nitrogen and oxygen atoms in total. The van der Waals surface area contributed by atoms with Crippen molar-refractivity contribution in [3.8, 4) is 0 Å². The average molecular weight is 279 g/mol. The van der Waals surface area contributed by atoms with Gasteiger partial charge in [0.2, 0.25) is 5.91 Å². The Kier molecular flexibility index (Phi) is 4.15. The first kappa shape index (κ1) is 13.1. The summed E-state index contributed by atoms with van der Waals surface area (Å²) >= 11 is 1.72. The fraction of sp³-hybridized carbons (Fsp3) is 0.643. The Labute approximate surface area is 118 Å². The molecule has 2 saturated heterocycles. The highest BCUT2D eigenvalue weighted by molar-refractivity contribution is 7.10. The molecule has 1 unspecified atom stereocenters. The zero-order valence-electron chi connectivity index (χ0n) is 11.2. The Bertz CT molecular complexity index is 414. The van der Waals surface area contributed by atoms with Crippen molar-refractivity contribution in [1.82, 2.24) is 15.1 Å². The smallest absolute Gasteiger partial charge is 0.238 e. The quantitative estimate of drug-likeness (QED) is 0.890. The van der Waals surface area contributed by atoms with Crippen molar-refractivity contribution in [1.29, 1.82) is 0 Å². The SMILES string of the molecule is O=C1CNC(c2cccs2)N1CCCN1CCCC1. The van der Waals surface area contributed by atoms with Gasteiger partial charge in [-0.2, -0.15) is 0 Å². The third-order valence-electron chi connectivity index (χ3n) is 3.96. The number of amides is 1. The van der Waals surface area contributed by atoms with Crippen LogP contribution in [0.25, 0.3) is 0 Å². The normalized spacial score (nSPS) is 24.5. The van der Waals surface area contributed by atoms with Crippen molar-refractivity contribution in [3.63, 3.8) is 0 Å². The number of thiophene rings is 1. The highest BCUT2D eigenvalue weighted by Crippen LogP contribution is 2.26. The van der Waals surface area contributed by atoms with E-state index in [0.29, 0.717) is 6.54 Å². The van der Waals surface area contributed by atoms with Crippen LogP contribution in [0.3, 0.4) is 0 Å². The maximum Gasteiger partial charge on any atom is 0.238 e. The van der Waals surface area contributed by atoms with E-state index in [-0.39, 0.29) is 12.1 Å². The number of carbonyl (C=O) groups excluding carboxylic acids is 1. The van der Waals surface area contributed by atoms with E-state index >= 15 is 0 Å². The molecule has 19 heavy (non-hydrogen) atoms. The molecular formula is C14H21N3OS. The molecule has 2 aliphatic heterocycles. The van der Waals surface area contributed by atoms with E-state index < -0.39 is 0 Å². The molecule has 1 N–H and O–H groups in total. The first-order chi connectivity index (χ1) is 9.34. The third-order valence-corrected chi connectivity index (χ3v) is 4.89. The first-order valence-electron chi connectivity index (χ1n) is 7.13. The summed E-state index contributed by atoms with van der Waals surface area (Å²) in [5.74, 6) is 0.236. The molecule has 0 spiro atoms. The molecule has 1 amide bonds. The van der Waals surface area contributed by atoms with Crippen molar-refractivity contribution in [2.75, 3.05) is 32.7 Å². The second kappa shape index (κ2) is 6.03. The standard InChI is InChI=1S/C14H21N3OS/c18-13-11-15-14(12-5-3-10-19-12)17(13)9-4-8-16-6-1-2-7-16/h3,5,10,14-15H,1-2,4,6-9,11H2. The summed E-state index contributed by atoms with van der Waals surface area (Å²) in [6, 6.07) is 4.15. The lowest BCUT2D eigenvalue weighted by Crippen LogP contribution is -2.33. The van der Waals surface area contributed by atoms with E-state index in [0.717, 1.165) is 19.5 Å². The van der Waals surface area contributed by atoms with Gasteiger partial charge in [0.05, 0.1) is 6.54 Å². The molecule has 0 aliphatic carbocycles. The summed E-state index contributed by atoms with van der Waals surface area (Å²) in [7, 11) is 0. The van der Waals surface area contributed by atoms with Gasteiger partial charge in [-0.1, -0.05) is 6.07 Å². The van der Waals surface area contributed by atoms with Crippen LogP contribution in [-0.4, -0.2) is 48.4 Å². The third kappa shape index (κ3) is 2.99. The Morgan fingerprint density at radius 1 is 1.32 bits per heavy atom. The lowest BCUT2D eigenvalue weighted by molar-refractivity contribution is -0.128. The summed E-state index contributed by atoms with van der Waals surface area (Å²) in [6.45, 7) is 4.94. The number of hydrogen-bond donors (Lipinski definition) is 1. The molecule has 2 fully saturated rings. The van der Waals surface area contributed by atoms with Crippen LogP contribution in [0.1, 0.15) is 30.3 Å². The maximum atomic E-state index is 12.0. The van der Waals surface area contributed by atoms with Crippen molar-refractivity contribution in [3.05, 3.63) is 22.4 Å². The van der Waals surface area contributed by atoms with Gasteiger partial charge in [-0.3, -0.25) is 10.1 Å². The fourth-order valence-corrected chi connectivity index (χ4v) is 3.78. The Morgan fingerprint density at radius 3 is 2.89 bits per heavy atom. The number of carbonyl (C=O) groups is 1. The fourth-order valence-electron chi connectivity index (χ4n) is 2.97. The predicted molar refractivity (Wildman–Crippen MR) is 77.1 cm³/mol. The van der Waals surface area contributed by atoms with Crippen LogP contribution in [-0.2, 0) is 4.79 Å². The summed E-state index contributed by atoms with van der Waals surface area (Å²) in [5, 5.41) is 5.38. The first-order valence-corrected chi connectivity index (χ1v) is 8.01. The van der Waals surface area contributed by atoms with Crippen molar-refractivity contribution >= 4 is 17.2 Å². The van der Waals surface area contributed by atoms with Gasteiger partial charge >= 0.3 is 0 Å². The van der Waals surface area contributed by atoms with Gasteiger partial charge in [0.15, 0.2) is 0 Å². The maximum absolute atomic E-state index is 12.0. The average Bonchev–Trinajstić information content (AvgIpc) is 3.12. The van der Waals surface area contributed by atoms with E-state index in [2.05, 4.69) is 21.7 Å². The molecule has 0 aromatic carbocycles. The zero-order valence-corrected chi connectivity index (χ0v) is 12.0. The molecule has 1 aromatic rings. The molecule has 0 radical (unpaired) electrons. The molecule has 1 aromatic heterocycles. The molecule has 0 bridgehead atoms. The van der Waals surface area contributed by atoms with E-state index in [1.165, 1.54) is 30.8 Å². The van der Waals surface area contributed by atoms with E-state index in [4.69, 9.17) is 0 Å². The molecule has 104 valence electrons. The van der Waals surface area contributed by atoms with Crippen LogP contribution >= 0.6 is 11.3 Å². The van der Waals surface area contributed by atoms with Gasteiger partial charge in [0.1, 0.15) is 6.17 Å². The van der Waals surface area contributed by atoms with Crippen LogP contribution in [0.4, 0.5) is 0 Å². The van der Waals surface area contributed by atoms with E-state index in [1.807, 2.05) is 11.0 Å². The van der Waals surface area contributed by atoms with Crippen LogP contribution in [0, 0.1) is 0 Å². The lowest BCUT2D eigenvalue weighted by Gasteiger charge is -2.24. The van der Waals surface area contributed by atoms with Gasteiger partial charge in [-0.15, -0.1) is 11.3 Å². The van der Waals surface area contributed by atoms with Crippen molar-refractivity contribution in [2.45, 2.75) is 25.4 Å². The number of rotatable bonds is 5. The Balaban J connectivity index is 1.53. The molecule has 0 saturated carbocycles. The van der Waals surface area contributed by atoms with Crippen LogP contribution in [0.15, 0.2) is 17.5 Å².